The lowest BCUT2D eigenvalue weighted by molar-refractivity contribution is -0.122. The molecule has 1 aromatic rings. The first-order valence-corrected chi connectivity index (χ1v) is 6.16. The van der Waals surface area contributed by atoms with Gasteiger partial charge in [0.1, 0.15) is 0 Å². The van der Waals surface area contributed by atoms with Gasteiger partial charge in [0.05, 0.1) is 19.3 Å². The minimum atomic E-state index is -0.0614. The summed E-state index contributed by atoms with van der Waals surface area (Å²) >= 11 is 0. The fraction of sp³-hybridized carbons (Fsp3) is 0.800. The lowest BCUT2D eigenvalue weighted by atomic mass is 10.1. The van der Waals surface area contributed by atoms with Crippen molar-refractivity contribution in [3.63, 3.8) is 0 Å². The second-order valence-corrected chi connectivity index (χ2v) is 4.17. The van der Waals surface area contributed by atoms with E-state index in [-0.39, 0.29) is 12.0 Å². The molecule has 1 aliphatic heterocycles. The first-order valence-electron chi connectivity index (χ1n) is 6.16. The van der Waals surface area contributed by atoms with E-state index < -0.39 is 0 Å². The van der Waals surface area contributed by atoms with Gasteiger partial charge >= 0.3 is 0 Å². The van der Waals surface area contributed by atoms with E-state index in [1.807, 2.05) is 0 Å². The van der Waals surface area contributed by atoms with Crippen molar-refractivity contribution in [1.82, 2.24) is 31.3 Å². The predicted octanol–water partition coefficient (Wildman–Crippen LogP) is -1.03. The Balaban J connectivity index is 1.54. The van der Waals surface area contributed by atoms with Gasteiger partial charge in [-0.15, -0.1) is 10.2 Å². The Labute approximate surface area is 105 Å². The smallest absolute Gasteiger partial charge is 0.222 e. The third kappa shape index (κ3) is 4.38. The van der Waals surface area contributed by atoms with E-state index >= 15 is 0 Å². The van der Waals surface area contributed by atoms with Gasteiger partial charge in [0.25, 0.3) is 0 Å². The molecule has 2 rings (SSSR count). The highest BCUT2D eigenvalue weighted by Crippen LogP contribution is 2.07. The standard InChI is InChI=1S/C10H18N6O2/c17-10(12-7-9-13-15-16-14-9)3-6-18-8-1-4-11-5-2-8/h8,11H,1-7H2,(H,12,17)(H,13,14,15,16). The highest BCUT2D eigenvalue weighted by atomic mass is 16.5. The SMILES string of the molecule is O=C(CCOC1CCNCC1)NCc1nn[nH]n1. The van der Waals surface area contributed by atoms with Crippen molar-refractivity contribution in [3.05, 3.63) is 5.82 Å². The summed E-state index contributed by atoms with van der Waals surface area (Å²) in [7, 11) is 0. The van der Waals surface area contributed by atoms with Crippen LogP contribution in [0.1, 0.15) is 25.1 Å². The van der Waals surface area contributed by atoms with E-state index in [2.05, 4.69) is 31.3 Å². The number of aromatic nitrogens is 4. The third-order valence-electron chi connectivity index (χ3n) is 2.80. The molecule has 1 aromatic heterocycles. The van der Waals surface area contributed by atoms with Crippen LogP contribution in [-0.4, -0.2) is 52.3 Å². The molecule has 2 heterocycles. The van der Waals surface area contributed by atoms with Crippen LogP contribution in [-0.2, 0) is 16.1 Å². The van der Waals surface area contributed by atoms with Crippen molar-refractivity contribution >= 4 is 5.91 Å². The summed E-state index contributed by atoms with van der Waals surface area (Å²) in [5, 5.41) is 19.2. The molecule has 0 spiro atoms. The first-order chi connectivity index (χ1) is 8.84. The van der Waals surface area contributed by atoms with Crippen LogP contribution in [0.2, 0.25) is 0 Å². The number of nitrogens with zero attached hydrogens (tertiary/aromatic N) is 3. The van der Waals surface area contributed by atoms with Gasteiger partial charge in [-0.25, -0.2) is 0 Å². The Bertz CT molecular complexity index is 349. The fourth-order valence-electron chi connectivity index (χ4n) is 1.80. The summed E-state index contributed by atoms with van der Waals surface area (Å²) in [5.41, 5.74) is 0. The molecule has 0 radical (unpaired) electrons. The van der Waals surface area contributed by atoms with Crippen LogP contribution in [0.15, 0.2) is 0 Å². The van der Waals surface area contributed by atoms with Gasteiger partial charge in [0.15, 0.2) is 5.82 Å². The minimum Gasteiger partial charge on any atom is -0.378 e. The van der Waals surface area contributed by atoms with Crippen LogP contribution >= 0.6 is 0 Å². The molecule has 8 heteroatoms. The number of carbonyl (C=O) groups is 1. The van der Waals surface area contributed by atoms with Gasteiger partial charge in [0.2, 0.25) is 5.91 Å². The number of carbonyl (C=O) groups excluding carboxylic acids is 1. The molecule has 1 saturated heterocycles. The molecule has 3 N–H and O–H groups in total. The summed E-state index contributed by atoms with van der Waals surface area (Å²) in [6, 6.07) is 0. The first kappa shape index (κ1) is 12.9. The number of hydrogen-bond acceptors (Lipinski definition) is 6. The van der Waals surface area contributed by atoms with Crippen molar-refractivity contribution in [2.45, 2.75) is 31.9 Å². The molecule has 1 fully saturated rings. The molecular weight excluding hydrogens is 236 g/mol. The lowest BCUT2D eigenvalue weighted by Crippen LogP contribution is -2.33. The van der Waals surface area contributed by atoms with E-state index in [0.717, 1.165) is 25.9 Å². The quantitative estimate of drug-likeness (QED) is 0.600. The summed E-state index contributed by atoms with van der Waals surface area (Å²) in [5.74, 6) is 0.413. The van der Waals surface area contributed by atoms with Gasteiger partial charge in [-0.1, -0.05) is 5.21 Å². The molecule has 0 saturated carbocycles. The van der Waals surface area contributed by atoms with Gasteiger partial charge in [-0.3, -0.25) is 4.79 Å². The van der Waals surface area contributed by atoms with Crippen LogP contribution in [0.5, 0.6) is 0 Å². The Morgan fingerprint density at radius 2 is 2.28 bits per heavy atom. The number of nitrogens with one attached hydrogen (secondary N) is 3. The monoisotopic (exact) mass is 254 g/mol. The van der Waals surface area contributed by atoms with Gasteiger partial charge in [-0.2, -0.15) is 5.21 Å². The maximum Gasteiger partial charge on any atom is 0.222 e. The average Bonchev–Trinajstić information content (AvgIpc) is 2.91. The summed E-state index contributed by atoms with van der Waals surface area (Å²) < 4.78 is 5.64. The van der Waals surface area contributed by atoms with E-state index in [1.54, 1.807) is 0 Å². The highest BCUT2D eigenvalue weighted by molar-refractivity contribution is 5.75. The summed E-state index contributed by atoms with van der Waals surface area (Å²) in [4.78, 5) is 11.5. The van der Waals surface area contributed by atoms with Gasteiger partial charge in [-0.05, 0) is 25.9 Å². The molecule has 0 aliphatic carbocycles. The molecule has 0 aromatic carbocycles. The maximum absolute atomic E-state index is 11.5. The normalized spacial score (nSPS) is 16.7. The van der Waals surface area contributed by atoms with Crippen LogP contribution in [0.4, 0.5) is 0 Å². The Morgan fingerprint density at radius 3 is 3.00 bits per heavy atom. The van der Waals surface area contributed by atoms with Crippen LogP contribution < -0.4 is 10.6 Å². The maximum atomic E-state index is 11.5. The second-order valence-electron chi connectivity index (χ2n) is 4.17. The number of tetrazole rings is 1. The van der Waals surface area contributed by atoms with Crippen LogP contribution in [0.25, 0.3) is 0 Å². The summed E-state index contributed by atoms with van der Waals surface area (Å²) in [6.45, 7) is 2.74. The fourth-order valence-corrected chi connectivity index (χ4v) is 1.80. The molecule has 18 heavy (non-hydrogen) atoms. The number of aromatic amines is 1. The Kier molecular flexibility index (Phi) is 5.03. The average molecular weight is 254 g/mol. The molecule has 0 bridgehead atoms. The van der Waals surface area contributed by atoms with Gasteiger partial charge < -0.3 is 15.4 Å². The zero-order valence-corrected chi connectivity index (χ0v) is 10.2. The molecule has 8 nitrogen and oxygen atoms in total. The predicted molar refractivity (Wildman–Crippen MR) is 62.5 cm³/mol. The highest BCUT2D eigenvalue weighted by Gasteiger charge is 2.13. The number of rotatable bonds is 6. The zero-order valence-electron chi connectivity index (χ0n) is 10.2. The lowest BCUT2D eigenvalue weighted by Gasteiger charge is -2.22. The number of piperidine rings is 1. The molecule has 100 valence electrons. The largest absolute Gasteiger partial charge is 0.378 e. The Hall–Kier alpha value is -1.54. The van der Waals surface area contributed by atoms with Crippen LogP contribution in [0, 0.1) is 0 Å². The van der Waals surface area contributed by atoms with Crippen LogP contribution in [0.3, 0.4) is 0 Å². The molecule has 1 amide bonds. The van der Waals surface area contributed by atoms with Crippen molar-refractivity contribution in [2.24, 2.45) is 0 Å². The summed E-state index contributed by atoms with van der Waals surface area (Å²) in [6.07, 6.45) is 2.69. The Morgan fingerprint density at radius 1 is 1.44 bits per heavy atom. The van der Waals surface area contributed by atoms with Crippen molar-refractivity contribution in [2.75, 3.05) is 19.7 Å². The number of H-pyrrole nitrogens is 1. The van der Waals surface area contributed by atoms with E-state index in [0.29, 0.717) is 25.4 Å². The third-order valence-corrected chi connectivity index (χ3v) is 2.80. The molecular formula is C10H18N6O2. The van der Waals surface area contributed by atoms with Crippen molar-refractivity contribution in [1.29, 1.82) is 0 Å². The van der Waals surface area contributed by atoms with E-state index in [1.165, 1.54) is 0 Å². The number of hydrogen-bond donors (Lipinski definition) is 3. The minimum absolute atomic E-state index is 0.0614. The molecule has 1 aliphatic rings. The second kappa shape index (κ2) is 7.02. The number of ether oxygens (including phenoxy) is 1. The zero-order chi connectivity index (χ0) is 12.6. The number of amides is 1. The van der Waals surface area contributed by atoms with Crippen molar-refractivity contribution in [3.8, 4) is 0 Å². The van der Waals surface area contributed by atoms with Crippen molar-refractivity contribution < 1.29 is 9.53 Å². The van der Waals surface area contributed by atoms with E-state index in [4.69, 9.17) is 4.74 Å². The van der Waals surface area contributed by atoms with E-state index in [9.17, 15) is 4.79 Å². The molecule has 0 atom stereocenters. The topological polar surface area (TPSA) is 105 Å². The van der Waals surface area contributed by atoms with Gasteiger partial charge in [0, 0.05) is 6.42 Å². The molecule has 0 unspecified atom stereocenters.